The minimum Gasteiger partial charge on any atom is -0.456 e. The van der Waals surface area contributed by atoms with Crippen LogP contribution in [0.4, 0.5) is 17.1 Å². The normalized spacial score (nSPS) is 14.8. The SMILES string of the molecule is Cc1cc(C)c2oc3cc(-c4cccc(N(c5ccc6c(c5)C(C)(C)c5ccccc5-6)c5ccc6c(c5)C(C)(C)c5cc(C(C)(C)C)ccc5-6)c4)ccc3c2c1. The monoisotopic (exact) mass is 727 g/mol. The van der Waals surface area contributed by atoms with E-state index in [-0.39, 0.29) is 16.2 Å². The molecule has 0 atom stereocenters. The third-order valence-electron chi connectivity index (χ3n) is 12.9. The average Bonchev–Trinajstić information content (AvgIpc) is 3.74. The number of aryl methyl sites for hydroxylation is 2. The summed E-state index contributed by atoms with van der Waals surface area (Å²) in [6, 6.07) is 50.4. The van der Waals surface area contributed by atoms with Gasteiger partial charge in [0.25, 0.3) is 0 Å². The van der Waals surface area contributed by atoms with E-state index in [2.05, 4.69) is 201 Å². The number of furan rings is 1. The minimum atomic E-state index is -0.143. The molecule has 0 bridgehead atoms. The molecule has 7 aromatic carbocycles. The maximum Gasteiger partial charge on any atom is 0.138 e. The fourth-order valence-electron chi connectivity index (χ4n) is 9.84. The van der Waals surface area contributed by atoms with Gasteiger partial charge in [0.2, 0.25) is 0 Å². The summed E-state index contributed by atoms with van der Waals surface area (Å²) in [7, 11) is 0. The molecule has 2 aliphatic carbocycles. The van der Waals surface area contributed by atoms with Crippen LogP contribution in [0.3, 0.4) is 0 Å². The number of benzene rings is 7. The first-order chi connectivity index (χ1) is 26.7. The van der Waals surface area contributed by atoms with E-state index in [4.69, 9.17) is 4.42 Å². The Morgan fingerprint density at radius 2 is 1.07 bits per heavy atom. The lowest BCUT2D eigenvalue weighted by atomic mass is 9.79. The van der Waals surface area contributed by atoms with E-state index in [9.17, 15) is 0 Å². The molecule has 0 radical (unpaired) electrons. The van der Waals surface area contributed by atoms with Gasteiger partial charge in [0.1, 0.15) is 11.2 Å². The summed E-state index contributed by atoms with van der Waals surface area (Å²) in [5.74, 6) is 0. The van der Waals surface area contributed by atoms with Crippen LogP contribution in [0.5, 0.6) is 0 Å². The van der Waals surface area contributed by atoms with E-state index < -0.39 is 0 Å². The number of fused-ring (bicyclic) bond motifs is 9. The van der Waals surface area contributed by atoms with Crippen molar-refractivity contribution in [2.45, 2.75) is 78.6 Å². The number of hydrogen-bond acceptors (Lipinski definition) is 2. The highest BCUT2D eigenvalue weighted by Gasteiger charge is 2.38. The summed E-state index contributed by atoms with van der Waals surface area (Å²) in [5.41, 5.74) is 22.1. The molecule has 0 N–H and O–H groups in total. The van der Waals surface area contributed by atoms with E-state index in [0.717, 1.165) is 44.7 Å². The van der Waals surface area contributed by atoms with Crippen molar-refractivity contribution in [1.82, 2.24) is 0 Å². The molecule has 8 aromatic rings. The van der Waals surface area contributed by atoms with Crippen molar-refractivity contribution in [1.29, 1.82) is 0 Å². The maximum atomic E-state index is 6.51. The maximum absolute atomic E-state index is 6.51. The molecule has 0 fully saturated rings. The molecule has 2 nitrogen and oxygen atoms in total. The standard InChI is InChI=1S/C54H49NO/c1-32-25-33(2)51-45(26-32)44-21-17-35(28-50(44)56-51)34-13-12-14-37(27-34)55(38-19-23-42-40-15-10-11-16-46(40)53(6,7)48(42)30-38)39-20-24-43-41-22-18-36(52(3,4)5)29-47(41)54(8,9)49(43)31-39/h10-31H,1-9H3. The molecule has 10 rings (SSSR count). The van der Waals surface area contributed by atoms with E-state index >= 15 is 0 Å². The Balaban J connectivity index is 1.14. The van der Waals surface area contributed by atoms with Crippen LogP contribution in [0.15, 0.2) is 138 Å². The molecular weight excluding hydrogens is 679 g/mol. The van der Waals surface area contributed by atoms with Gasteiger partial charge < -0.3 is 9.32 Å². The Hall–Kier alpha value is -5.86. The van der Waals surface area contributed by atoms with E-state index in [0.29, 0.717) is 0 Å². The zero-order valence-electron chi connectivity index (χ0n) is 34.1. The molecule has 2 aliphatic rings. The van der Waals surface area contributed by atoms with Crippen LogP contribution >= 0.6 is 0 Å². The summed E-state index contributed by atoms with van der Waals surface area (Å²) >= 11 is 0. The molecular formula is C54H49NO. The fraction of sp³-hybridized carbons (Fsp3) is 0.222. The molecule has 1 aromatic heterocycles. The minimum absolute atomic E-state index is 0.0841. The molecule has 56 heavy (non-hydrogen) atoms. The summed E-state index contributed by atoms with van der Waals surface area (Å²) in [6.45, 7) is 20.7. The van der Waals surface area contributed by atoms with Crippen molar-refractivity contribution in [3.05, 3.63) is 172 Å². The van der Waals surface area contributed by atoms with Gasteiger partial charge in [0, 0.05) is 38.7 Å². The van der Waals surface area contributed by atoms with Gasteiger partial charge in [-0.1, -0.05) is 127 Å². The smallest absolute Gasteiger partial charge is 0.138 e. The Bertz CT molecular complexity index is 2930. The van der Waals surface area contributed by atoms with Gasteiger partial charge in [0.05, 0.1) is 0 Å². The van der Waals surface area contributed by atoms with Gasteiger partial charge in [-0.05, 0) is 146 Å². The number of nitrogens with zero attached hydrogens (tertiary/aromatic N) is 1. The van der Waals surface area contributed by atoms with E-state index in [1.165, 1.54) is 66.6 Å². The average molecular weight is 728 g/mol. The molecule has 276 valence electrons. The number of anilines is 3. The quantitative estimate of drug-likeness (QED) is 0.179. The van der Waals surface area contributed by atoms with Crippen molar-refractivity contribution in [3.63, 3.8) is 0 Å². The lowest BCUT2D eigenvalue weighted by Crippen LogP contribution is -2.19. The molecule has 0 saturated heterocycles. The largest absolute Gasteiger partial charge is 0.456 e. The van der Waals surface area contributed by atoms with Crippen LogP contribution in [0.1, 0.15) is 87.4 Å². The van der Waals surface area contributed by atoms with Crippen LogP contribution in [0.25, 0.3) is 55.3 Å². The predicted octanol–water partition coefficient (Wildman–Crippen LogP) is 15.2. The zero-order chi connectivity index (χ0) is 38.9. The van der Waals surface area contributed by atoms with Crippen molar-refractivity contribution < 1.29 is 4.42 Å². The fourth-order valence-corrected chi connectivity index (χ4v) is 9.84. The summed E-state index contributed by atoms with van der Waals surface area (Å²) in [6.07, 6.45) is 0. The summed E-state index contributed by atoms with van der Waals surface area (Å²) in [4.78, 5) is 2.47. The third-order valence-corrected chi connectivity index (χ3v) is 12.9. The van der Waals surface area contributed by atoms with Gasteiger partial charge in [-0.2, -0.15) is 0 Å². The molecule has 0 unspecified atom stereocenters. The van der Waals surface area contributed by atoms with Gasteiger partial charge in [-0.15, -0.1) is 0 Å². The van der Waals surface area contributed by atoms with Crippen molar-refractivity contribution >= 4 is 39.0 Å². The third kappa shape index (κ3) is 5.08. The topological polar surface area (TPSA) is 16.4 Å². The van der Waals surface area contributed by atoms with Crippen LogP contribution in [0, 0.1) is 13.8 Å². The highest BCUT2D eigenvalue weighted by molar-refractivity contribution is 6.07. The van der Waals surface area contributed by atoms with Crippen molar-refractivity contribution in [2.24, 2.45) is 0 Å². The van der Waals surface area contributed by atoms with Gasteiger partial charge >= 0.3 is 0 Å². The van der Waals surface area contributed by atoms with Crippen molar-refractivity contribution in [3.8, 4) is 33.4 Å². The van der Waals surface area contributed by atoms with Gasteiger partial charge in [-0.3, -0.25) is 0 Å². The molecule has 0 amide bonds. The Labute approximate surface area is 331 Å². The second kappa shape index (κ2) is 11.8. The second-order valence-corrected chi connectivity index (χ2v) is 18.4. The highest BCUT2D eigenvalue weighted by Crippen LogP contribution is 2.53. The van der Waals surface area contributed by atoms with Crippen LogP contribution in [-0.4, -0.2) is 0 Å². The van der Waals surface area contributed by atoms with Crippen LogP contribution in [-0.2, 0) is 16.2 Å². The zero-order valence-corrected chi connectivity index (χ0v) is 34.1. The summed E-state index contributed by atoms with van der Waals surface area (Å²) in [5, 5.41) is 2.34. The van der Waals surface area contributed by atoms with E-state index in [1.54, 1.807) is 0 Å². The first-order valence-electron chi connectivity index (χ1n) is 20.1. The molecule has 0 aliphatic heterocycles. The van der Waals surface area contributed by atoms with Crippen molar-refractivity contribution in [2.75, 3.05) is 4.90 Å². The molecule has 2 heteroatoms. The number of rotatable bonds is 4. The van der Waals surface area contributed by atoms with Crippen LogP contribution in [0.2, 0.25) is 0 Å². The Kier molecular flexibility index (Phi) is 7.31. The lowest BCUT2D eigenvalue weighted by Gasteiger charge is -2.30. The first kappa shape index (κ1) is 34.6. The molecule has 1 heterocycles. The molecule has 0 spiro atoms. The lowest BCUT2D eigenvalue weighted by molar-refractivity contribution is 0.584. The first-order valence-corrected chi connectivity index (χ1v) is 20.1. The van der Waals surface area contributed by atoms with Gasteiger partial charge in [0.15, 0.2) is 0 Å². The summed E-state index contributed by atoms with van der Waals surface area (Å²) < 4.78 is 6.51. The highest BCUT2D eigenvalue weighted by atomic mass is 16.3. The Morgan fingerprint density at radius 1 is 0.482 bits per heavy atom. The number of hydrogen-bond donors (Lipinski definition) is 0. The molecule has 0 saturated carbocycles. The van der Waals surface area contributed by atoms with Gasteiger partial charge in [-0.25, -0.2) is 0 Å². The Morgan fingerprint density at radius 3 is 1.77 bits per heavy atom. The van der Waals surface area contributed by atoms with E-state index in [1.807, 2.05) is 0 Å². The van der Waals surface area contributed by atoms with Crippen LogP contribution < -0.4 is 4.90 Å². The second-order valence-electron chi connectivity index (χ2n) is 18.4. The predicted molar refractivity (Wildman–Crippen MR) is 237 cm³/mol.